The maximum absolute atomic E-state index is 12.7. The summed E-state index contributed by atoms with van der Waals surface area (Å²) in [6.45, 7) is 6.69. The summed E-state index contributed by atoms with van der Waals surface area (Å²) < 4.78 is 11.2. The van der Waals surface area contributed by atoms with Gasteiger partial charge in [0.15, 0.2) is 0 Å². The van der Waals surface area contributed by atoms with Crippen LogP contribution in [0.4, 0.5) is 4.79 Å². The van der Waals surface area contributed by atoms with Gasteiger partial charge in [-0.05, 0) is 53.9 Å². The summed E-state index contributed by atoms with van der Waals surface area (Å²) >= 11 is 0.940. The molecule has 152 valence electrons. The molecule has 2 aromatic rings. The largest absolute Gasteiger partial charge is 0.496 e. The van der Waals surface area contributed by atoms with E-state index in [9.17, 15) is 9.59 Å². The van der Waals surface area contributed by atoms with Gasteiger partial charge in [0, 0.05) is 5.56 Å². The number of ether oxygens (including phenoxy) is 2. The van der Waals surface area contributed by atoms with E-state index in [1.54, 1.807) is 13.2 Å². The third-order valence-electron chi connectivity index (χ3n) is 4.66. The van der Waals surface area contributed by atoms with Gasteiger partial charge in [0.2, 0.25) is 0 Å². The first-order valence-corrected chi connectivity index (χ1v) is 10.3. The van der Waals surface area contributed by atoms with Crippen molar-refractivity contribution in [3.63, 3.8) is 0 Å². The molecule has 0 unspecified atom stereocenters. The first-order valence-electron chi connectivity index (χ1n) is 9.52. The number of nitrogens with zero attached hydrogens (tertiary/aromatic N) is 1. The minimum Gasteiger partial charge on any atom is -0.496 e. The molecular formula is C23H25NO4S. The number of aryl methyl sites for hydroxylation is 1. The van der Waals surface area contributed by atoms with Crippen molar-refractivity contribution in [3.05, 3.63) is 64.1 Å². The molecule has 0 radical (unpaired) electrons. The monoisotopic (exact) mass is 411 g/mol. The second-order valence-corrected chi connectivity index (χ2v) is 8.11. The zero-order valence-corrected chi connectivity index (χ0v) is 17.9. The third-order valence-corrected chi connectivity index (χ3v) is 5.57. The van der Waals surface area contributed by atoms with Crippen LogP contribution >= 0.6 is 11.8 Å². The average molecular weight is 412 g/mol. The van der Waals surface area contributed by atoms with Crippen LogP contribution < -0.4 is 9.47 Å². The fourth-order valence-corrected chi connectivity index (χ4v) is 3.97. The van der Waals surface area contributed by atoms with Crippen molar-refractivity contribution in [1.29, 1.82) is 0 Å². The lowest BCUT2D eigenvalue weighted by Crippen LogP contribution is -2.32. The number of rotatable bonds is 7. The smallest absolute Gasteiger partial charge is 0.293 e. The summed E-state index contributed by atoms with van der Waals surface area (Å²) in [4.78, 5) is 26.7. The summed E-state index contributed by atoms with van der Waals surface area (Å²) in [5, 5.41) is -0.284. The predicted molar refractivity (Wildman–Crippen MR) is 116 cm³/mol. The fraction of sp³-hybridized carbons (Fsp3) is 0.304. The van der Waals surface area contributed by atoms with Crippen molar-refractivity contribution >= 4 is 29.0 Å². The Kier molecular flexibility index (Phi) is 6.64. The van der Waals surface area contributed by atoms with Gasteiger partial charge in [0.25, 0.3) is 11.1 Å². The Hall–Kier alpha value is -2.73. The molecule has 0 saturated carbocycles. The first kappa shape index (κ1) is 21.0. The highest BCUT2D eigenvalue weighted by Gasteiger charge is 2.35. The Bertz CT molecular complexity index is 952. The normalized spacial score (nSPS) is 15.5. The summed E-state index contributed by atoms with van der Waals surface area (Å²) in [5.74, 6) is 1.48. The Morgan fingerprint density at radius 2 is 1.86 bits per heavy atom. The number of para-hydroxylation sites is 1. The maximum atomic E-state index is 12.7. The van der Waals surface area contributed by atoms with Gasteiger partial charge in [-0.15, -0.1) is 0 Å². The molecule has 1 aliphatic heterocycles. The van der Waals surface area contributed by atoms with E-state index in [0.29, 0.717) is 16.6 Å². The Morgan fingerprint density at radius 1 is 1.10 bits per heavy atom. The second-order valence-electron chi connectivity index (χ2n) is 7.12. The predicted octanol–water partition coefficient (Wildman–Crippen LogP) is 5.24. The number of thioether (sulfide) groups is 1. The molecule has 3 rings (SSSR count). The van der Waals surface area contributed by atoms with Gasteiger partial charge < -0.3 is 9.47 Å². The molecule has 1 aliphatic rings. The highest BCUT2D eigenvalue weighted by molar-refractivity contribution is 8.18. The number of hydrogen-bond donors (Lipinski definition) is 0. The van der Waals surface area contributed by atoms with Crippen LogP contribution in [-0.4, -0.2) is 36.3 Å². The van der Waals surface area contributed by atoms with E-state index in [-0.39, 0.29) is 24.3 Å². The van der Waals surface area contributed by atoms with Crippen molar-refractivity contribution < 1.29 is 19.1 Å². The lowest BCUT2D eigenvalue weighted by Gasteiger charge is -2.17. The third kappa shape index (κ3) is 4.82. The molecule has 1 fully saturated rings. The zero-order valence-electron chi connectivity index (χ0n) is 17.1. The molecule has 6 heteroatoms. The number of methoxy groups -OCH3 is 1. The zero-order chi connectivity index (χ0) is 21.0. The molecule has 1 heterocycles. The fourth-order valence-electron chi connectivity index (χ4n) is 3.11. The van der Waals surface area contributed by atoms with Gasteiger partial charge in [-0.3, -0.25) is 14.5 Å². The quantitative estimate of drug-likeness (QED) is 0.583. The van der Waals surface area contributed by atoms with Crippen molar-refractivity contribution in [2.45, 2.75) is 26.7 Å². The van der Waals surface area contributed by atoms with Crippen LogP contribution in [0.15, 0.2) is 47.4 Å². The van der Waals surface area contributed by atoms with Gasteiger partial charge >= 0.3 is 0 Å². The molecule has 0 aliphatic carbocycles. The minimum atomic E-state index is -0.303. The van der Waals surface area contributed by atoms with Gasteiger partial charge in [0.05, 0.1) is 18.6 Å². The Labute approximate surface area is 175 Å². The van der Waals surface area contributed by atoms with E-state index in [1.807, 2.05) is 37.3 Å². The molecule has 0 aromatic heterocycles. The molecule has 0 bridgehead atoms. The molecule has 0 atom stereocenters. The van der Waals surface area contributed by atoms with Crippen LogP contribution in [0.3, 0.4) is 0 Å². The number of amides is 2. The number of carbonyl (C=O) groups excluding carboxylic acids is 2. The number of carbonyl (C=O) groups is 2. The lowest BCUT2D eigenvalue weighted by molar-refractivity contribution is -0.123. The topological polar surface area (TPSA) is 55.8 Å². The number of hydrogen-bond acceptors (Lipinski definition) is 5. The molecule has 0 spiro atoms. The maximum Gasteiger partial charge on any atom is 0.293 e. The van der Waals surface area contributed by atoms with Crippen molar-refractivity contribution in [3.8, 4) is 11.5 Å². The van der Waals surface area contributed by atoms with E-state index < -0.39 is 0 Å². The van der Waals surface area contributed by atoms with E-state index >= 15 is 0 Å². The SMILES string of the molecule is COc1ccccc1/C=C1\SC(=O)N(CCOc2cc(C)ccc2C(C)C)C1=O. The number of benzene rings is 2. The molecule has 2 amide bonds. The molecule has 29 heavy (non-hydrogen) atoms. The Morgan fingerprint density at radius 3 is 2.59 bits per heavy atom. The van der Waals surface area contributed by atoms with E-state index in [2.05, 4.69) is 26.0 Å². The van der Waals surface area contributed by atoms with Crippen LogP contribution in [0.5, 0.6) is 11.5 Å². The molecule has 0 N–H and O–H groups in total. The van der Waals surface area contributed by atoms with E-state index in [0.717, 1.165) is 34.2 Å². The number of imide groups is 1. The summed E-state index contributed by atoms with van der Waals surface area (Å²) in [7, 11) is 1.58. The van der Waals surface area contributed by atoms with Crippen LogP contribution in [0.25, 0.3) is 6.08 Å². The molecular weight excluding hydrogens is 386 g/mol. The van der Waals surface area contributed by atoms with Crippen molar-refractivity contribution in [1.82, 2.24) is 4.90 Å². The van der Waals surface area contributed by atoms with Gasteiger partial charge in [-0.1, -0.05) is 44.2 Å². The van der Waals surface area contributed by atoms with Crippen LogP contribution in [0, 0.1) is 6.92 Å². The second kappa shape index (κ2) is 9.18. The van der Waals surface area contributed by atoms with Crippen LogP contribution in [-0.2, 0) is 4.79 Å². The van der Waals surface area contributed by atoms with Crippen molar-refractivity contribution in [2.75, 3.05) is 20.3 Å². The van der Waals surface area contributed by atoms with Crippen LogP contribution in [0.1, 0.15) is 36.5 Å². The van der Waals surface area contributed by atoms with E-state index in [4.69, 9.17) is 9.47 Å². The average Bonchev–Trinajstić information content (AvgIpc) is 2.95. The van der Waals surface area contributed by atoms with Crippen LogP contribution in [0.2, 0.25) is 0 Å². The first-order chi connectivity index (χ1) is 13.9. The standard InChI is InChI=1S/C23H25NO4S/c1-15(2)18-10-9-16(3)13-20(18)28-12-11-24-22(25)21(29-23(24)26)14-17-7-5-6-8-19(17)27-4/h5-10,13-15H,11-12H2,1-4H3/b21-14-. The summed E-state index contributed by atoms with van der Waals surface area (Å²) in [6.07, 6.45) is 1.70. The van der Waals surface area contributed by atoms with Gasteiger partial charge in [-0.2, -0.15) is 0 Å². The Balaban J connectivity index is 1.69. The minimum absolute atomic E-state index is 0.208. The molecule has 2 aromatic carbocycles. The highest BCUT2D eigenvalue weighted by Crippen LogP contribution is 2.34. The summed E-state index contributed by atoms with van der Waals surface area (Å²) in [6, 6.07) is 13.5. The highest BCUT2D eigenvalue weighted by atomic mass is 32.2. The van der Waals surface area contributed by atoms with Gasteiger partial charge in [-0.25, -0.2) is 0 Å². The molecule has 1 saturated heterocycles. The lowest BCUT2D eigenvalue weighted by atomic mass is 10.0. The molecule has 5 nitrogen and oxygen atoms in total. The van der Waals surface area contributed by atoms with Gasteiger partial charge in [0.1, 0.15) is 18.1 Å². The van der Waals surface area contributed by atoms with E-state index in [1.165, 1.54) is 4.90 Å². The summed E-state index contributed by atoms with van der Waals surface area (Å²) in [5.41, 5.74) is 2.98. The van der Waals surface area contributed by atoms with Crippen molar-refractivity contribution in [2.24, 2.45) is 0 Å².